The number of ether oxygens (including phenoxy) is 1. The van der Waals surface area contributed by atoms with Gasteiger partial charge in [0, 0.05) is 25.2 Å². The SMILES string of the molecule is O=C(Cn1nnc(-c2ccc(CN3CCOCC3)cc2)n1)Nc1ccccc1F. The molecule has 0 bridgehead atoms. The Hall–Kier alpha value is -3.17. The number of amides is 1. The Balaban J connectivity index is 1.35. The molecule has 9 heteroatoms. The molecule has 1 aliphatic heterocycles. The highest BCUT2D eigenvalue weighted by molar-refractivity contribution is 5.90. The van der Waals surface area contributed by atoms with Crippen LogP contribution in [0.5, 0.6) is 0 Å². The van der Waals surface area contributed by atoms with E-state index in [2.05, 4.69) is 25.6 Å². The fraction of sp³-hybridized carbons (Fsp3) is 0.300. The number of anilines is 1. The number of tetrazole rings is 1. The topological polar surface area (TPSA) is 85.2 Å². The van der Waals surface area contributed by atoms with Crippen molar-refractivity contribution in [1.29, 1.82) is 0 Å². The number of hydrogen-bond donors (Lipinski definition) is 1. The van der Waals surface area contributed by atoms with E-state index in [1.807, 2.05) is 24.3 Å². The zero-order valence-electron chi connectivity index (χ0n) is 15.8. The lowest BCUT2D eigenvalue weighted by Gasteiger charge is -2.26. The third-order valence-corrected chi connectivity index (χ3v) is 4.61. The quantitative estimate of drug-likeness (QED) is 0.686. The molecule has 1 aromatic heterocycles. The van der Waals surface area contributed by atoms with Gasteiger partial charge >= 0.3 is 0 Å². The smallest absolute Gasteiger partial charge is 0.248 e. The number of para-hydroxylation sites is 1. The number of hydrogen-bond acceptors (Lipinski definition) is 6. The van der Waals surface area contributed by atoms with Crippen molar-refractivity contribution in [2.45, 2.75) is 13.1 Å². The maximum absolute atomic E-state index is 13.6. The molecular formula is C20H21FN6O2. The number of nitrogens with one attached hydrogen (secondary N) is 1. The van der Waals surface area contributed by atoms with Gasteiger partial charge in [-0.3, -0.25) is 9.69 Å². The predicted molar refractivity (Wildman–Crippen MR) is 104 cm³/mol. The lowest BCUT2D eigenvalue weighted by atomic mass is 10.1. The van der Waals surface area contributed by atoms with Crippen LogP contribution in [0.15, 0.2) is 48.5 Å². The van der Waals surface area contributed by atoms with Crippen LogP contribution in [0.3, 0.4) is 0 Å². The summed E-state index contributed by atoms with van der Waals surface area (Å²) < 4.78 is 19.0. The second-order valence-electron chi connectivity index (χ2n) is 6.76. The molecular weight excluding hydrogens is 375 g/mol. The molecule has 1 saturated heterocycles. The molecule has 1 amide bonds. The van der Waals surface area contributed by atoms with Gasteiger partial charge in [-0.15, -0.1) is 10.2 Å². The summed E-state index contributed by atoms with van der Waals surface area (Å²) in [5.41, 5.74) is 2.14. The minimum Gasteiger partial charge on any atom is -0.379 e. The average molecular weight is 396 g/mol. The number of halogens is 1. The van der Waals surface area contributed by atoms with E-state index < -0.39 is 11.7 Å². The Morgan fingerprint density at radius 3 is 2.62 bits per heavy atom. The maximum Gasteiger partial charge on any atom is 0.248 e. The first-order chi connectivity index (χ1) is 14.2. The second kappa shape index (κ2) is 8.89. The highest BCUT2D eigenvalue weighted by Gasteiger charge is 2.13. The van der Waals surface area contributed by atoms with Crippen molar-refractivity contribution in [3.63, 3.8) is 0 Å². The van der Waals surface area contributed by atoms with Crippen LogP contribution in [0.1, 0.15) is 5.56 Å². The summed E-state index contributed by atoms with van der Waals surface area (Å²) in [6.45, 7) is 4.14. The van der Waals surface area contributed by atoms with Gasteiger partial charge < -0.3 is 10.1 Å². The van der Waals surface area contributed by atoms with Crippen molar-refractivity contribution in [1.82, 2.24) is 25.1 Å². The molecule has 3 aromatic rings. The van der Waals surface area contributed by atoms with Crippen molar-refractivity contribution in [2.75, 3.05) is 31.6 Å². The van der Waals surface area contributed by atoms with Gasteiger partial charge in [0.15, 0.2) is 0 Å². The molecule has 1 aliphatic rings. The molecule has 4 rings (SSSR count). The third kappa shape index (κ3) is 5.01. The summed E-state index contributed by atoms with van der Waals surface area (Å²) >= 11 is 0. The number of benzene rings is 2. The Labute approximate surface area is 167 Å². The first-order valence-corrected chi connectivity index (χ1v) is 9.39. The largest absolute Gasteiger partial charge is 0.379 e. The summed E-state index contributed by atoms with van der Waals surface area (Å²) in [6.07, 6.45) is 0. The Morgan fingerprint density at radius 2 is 1.86 bits per heavy atom. The molecule has 0 spiro atoms. The molecule has 0 atom stereocenters. The summed E-state index contributed by atoms with van der Waals surface area (Å²) in [6, 6.07) is 13.9. The highest BCUT2D eigenvalue weighted by Crippen LogP contribution is 2.16. The molecule has 1 N–H and O–H groups in total. The van der Waals surface area contributed by atoms with Crippen LogP contribution in [0, 0.1) is 5.82 Å². The molecule has 0 aliphatic carbocycles. The molecule has 0 radical (unpaired) electrons. The zero-order chi connectivity index (χ0) is 20.1. The summed E-state index contributed by atoms with van der Waals surface area (Å²) in [5.74, 6) is -0.494. The van der Waals surface area contributed by atoms with Crippen LogP contribution < -0.4 is 5.32 Å². The van der Waals surface area contributed by atoms with E-state index in [0.29, 0.717) is 5.82 Å². The monoisotopic (exact) mass is 396 g/mol. The standard InChI is InChI=1S/C20H21FN6O2/c21-17-3-1-2-4-18(17)22-19(28)14-27-24-20(23-25-27)16-7-5-15(6-8-16)13-26-9-11-29-12-10-26/h1-8H,9-14H2,(H,22,28). The van der Waals surface area contributed by atoms with Gasteiger partial charge in [-0.05, 0) is 22.9 Å². The maximum atomic E-state index is 13.6. The molecule has 8 nitrogen and oxygen atoms in total. The van der Waals surface area contributed by atoms with E-state index >= 15 is 0 Å². The average Bonchev–Trinajstić information content (AvgIpc) is 3.19. The number of carbonyl (C=O) groups is 1. The van der Waals surface area contributed by atoms with Crippen LogP contribution in [0.4, 0.5) is 10.1 Å². The Kier molecular flexibility index (Phi) is 5.87. The number of nitrogens with zero attached hydrogens (tertiary/aromatic N) is 5. The van der Waals surface area contributed by atoms with E-state index in [1.54, 1.807) is 12.1 Å². The van der Waals surface area contributed by atoms with Crippen LogP contribution in [0.25, 0.3) is 11.4 Å². The molecule has 0 unspecified atom stereocenters. The molecule has 0 saturated carbocycles. The van der Waals surface area contributed by atoms with Gasteiger partial charge in [-0.25, -0.2) is 4.39 Å². The first kappa shape index (κ1) is 19.2. The van der Waals surface area contributed by atoms with E-state index in [0.717, 1.165) is 38.4 Å². The second-order valence-corrected chi connectivity index (χ2v) is 6.76. The van der Waals surface area contributed by atoms with Gasteiger partial charge in [-0.2, -0.15) is 4.80 Å². The number of rotatable bonds is 6. The number of carbonyl (C=O) groups excluding carboxylic acids is 1. The van der Waals surface area contributed by atoms with Gasteiger partial charge in [0.25, 0.3) is 0 Å². The Bertz CT molecular complexity index is 969. The number of morpholine rings is 1. The molecule has 2 aromatic carbocycles. The van der Waals surface area contributed by atoms with Crippen molar-refractivity contribution >= 4 is 11.6 Å². The normalized spacial score (nSPS) is 14.7. The summed E-state index contributed by atoms with van der Waals surface area (Å²) in [5, 5.41) is 14.7. The van der Waals surface area contributed by atoms with E-state index in [4.69, 9.17) is 4.74 Å². The zero-order valence-corrected chi connectivity index (χ0v) is 15.8. The van der Waals surface area contributed by atoms with E-state index in [-0.39, 0.29) is 12.2 Å². The van der Waals surface area contributed by atoms with E-state index in [1.165, 1.54) is 22.5 Å². The van der Waals surface area contributed by atoms with Crippen molar-refractivity contribution in [2.24, 2.45) is 0 Å². The number of aromatic nitrogens is 4. The Morgan fingerprint density at radius 1 is 1.10 bits per heavy atom. The summed E-state index contributed by atoms with van der Waals surface area (Å²) in [4.78, 5) is 15.6. The minimum absolute atomic E-state index is 0.119. The van der Waals surface area contributed by atoms with Gasteiger partial charge in [0.1, 0.15) is 12.4 Å². The van der Waals surface area contributed by atoms with Gasteiger partial charge in [-0.1, -0.05) is 36.4 Å². The highest BCUT2D eigenvalue weighted by atomic mass is 19.1. The lowest BCUT2D eigenvalue weighted by Crippen LogP contribution is -2.35. The summed E-state index contributed by atoms with van der Waals surface area (Å²) in [7, 11) is 0. The van der Waals surface area contributed by atoms with E-state index in [9.17, 15) is 9.18 Å². The predicted octanol–water partition coefficient (Wildman–Crippen LogP) is 1.95. The van der Waals surface area contributed by atoms with Crippen LogP contribution in [-0.2, 0) is 22.6 Å². The van der Waals surface area contributed by atoms with Gasteiger partial charge in [0.05, 0.1) is 18.9 Å². The van der Waals surface area contributed by atoms with Crippen LogP contribution in [0.2, 0.25) is 0 Å². The molecule has 29 heavy (non-hydrogen) atoms. The minimum atomic E-state index is -0.495. The van der Waals surface area contributed by atoms with Crippen LogP contribution >= 0.6 is 0 Å². The molecule has 1 fully saturated rings. The van der Waals surface area contributed by atoms with Crippen LogP contribution in [-0.4, -0.2) is 57.3 Å². The lowest BCUT2D eigenvalue weighted by molar-refractivity contribution is -0.117. The third-order valence-electron chi connectivity index (χ3n) is 4.61. The van der Waals surface area contributed by atoms with Crippen molar-refractivity contribution in [3.05, 3.63) is 59.9 Å². The fourth-order valence-electron chi connectivity index (χ4n) is 3.08. The fourth-order valence-corrected chi connectivity index (χ4v) is 3.08. The van der Waals surface area contributed by atoms with Crippen molar-refractivity contribution < 1.29 is 13.9 Å². The molecule has 2 heterocycles. The first-order valence-electron chi connectivity index (χ1n) is 9.39. The van der Waals surface area contributed by atoms with Gasteiger partial charge in [0.2, 0.25) is 11.7 Å². The molecule has 150 valence electrons. The van der Waals surface area contributed by atoms with Crippen molar-refractivity contribution in [3.8, 4) is 11.4 Å².